The van der Waals surface area contributed by atoms with Gasteiger partial charge in [0.1, 0.15) is 0 Å². The SMILES string of the molecule is CC1CC(OCC(C)(C)CNC(C)C)CC(C)(C)C1. The molecule has 1 aliphatic rings. The maximum Gasteiger partial charge on any atom is 0.0583 e. The van der Waals surface area contributed by atoms with Crippen molar-refractivity contribution >= 4 is 0 Å². The highest BCUT2D eigenvalue weighted by Crippen LogP contribution is 2.40. The summed E-state index contributed by atoms with van der Waals surface area (Å²) >= 11 is 0. The Morgan fingerprint density at radius 2 is 1.89 bits per heavy atom. The Bertz CT molecular complexity index is 270. The maximum atomic E-state index is 6.25. The third-order valence-electron chi connectivity index (χ3n) is 4.05. The summed E-state index contributed by atoms with van der Waals surface area (Å²) in [7, 11) is 0. The van der Waals surface area contributed by atoms with Crippen molar-refractivity contribution in [1.29, 1.82) is 0 Å². The van der Waals surface area contributed by atoms with E-state index in [-0.39, 0.29) is 5.41 Å². The molecule has 1 fully saturated rings. The molecule has 2 heteroatoms. The first-order valence-electron chi connectivity index (χ1n) is 7.95. The molecule has 0 aromatic rings. The molecule has 0 heterocycles. The van der Waals surface area contributed by atoms with Crippen molar-refractivity contribution in [3.05, 3.63) is 0 Å². The molecule has 0 amide bonds. The lowest BCUT2D eigenvalue weighted by molar-refractivity contribution is -0.0514. The minimum absolute atomic E-state index is 0.217. The summed E-state index contributed by atoms with van der Waals surface area (Å²) in [6, 6.07) is 0.549. The van der Waals surface area contributed by atoms with Gasteiger partial charge < -0.3 is 10.1 Å². The lowest BCUT2D eigenvalue weighted by Crippen LogP contribution is -2.39. The van der Waals surface area contributed by atoms with E-state index < -0.39 is 0 Å². The zero-order chi connectivity index (χ0) is 14.7. The summed E-state index contributed by atoms with van der Waals surface area (Å²) in [4.78, 5) is 0. The predicted octanol–water partition coefficient (Wildman–Crippen LogP) is 4.24. The third-order valence-corrected chi connectivity index (χ3v) is 4.05. The Morgan fingerprint density at radius 1 is 1.26 bits per heavy atom. The predicted molar refractivity (Wildman–Crippen MR) is 83.5 cm³/mol. The average molecular weight is 269 g/mol. The molecule has 1 saturated carbocycles. The van der Waals surface area contributed by atoms with Gasteiger partial charge in [-0.2, -0.15) is 0 Å². The van der Waals surface area contributed by atoms with Gasteiger partial charge in [-0.05, 0) is 30.6 Å². The summed E-state index contributed by atoms with van der Waals surface area (Å²) in [5, 5.41) is 3.52. The molecule has 2 nitrogen and oxygen atoms in total. The van der Waals surface area contributed by atoms with Crippen LogP contribution in [0.5, 0.6) is 0 Å². The van der Waals surface area contributed by atoms with E-state index in [1.807, 2.05) is 0 Å². The van der Waals surface area contributed by atoms with Gasteiger partial charge in [0.15, 0.2) is 0 Å². The minimum Gasteiger partial charge on any atom is -0.378 e. The fourth-order valence-corrected chi connectivity index (χ4v) is 3.26. The molecule has 0 aromatic carbocycles. The molecule has 1 aliphatic carbocycles. The number of rotatable bonds is 6. The first-order valence-corrected chi connectivity index (χ1v) is 7.95. The summed E-state index contributed by atoms with van der Waals surface area (Å²) in [5.41, 5.74) is 0.664. The summed E-state index contributed by atoms with van der Waals surface area (Å²) in [6.07, 6.45) is 4.24. The highest BCUT2D eigenvalue weighted by molar-refractivity contribution is 4.84. The quantitative estimate of drug-likeness (QED) is 0.778. The van der Waals surface area contributed by atoms with Crippen LogP contribution in [0.3, 0.4) is 0 Å². The van der Waals surface area contributed by atoms with Crippen molar-refractivity contribution in [2.24, 2.45) is 16.7 Å². The van der Waals surface area contributed by atoms with Gasteiger partial charge in [-0.1, -0.05) is 48.5 Å². The van der Waals surface area contributed by atoms with Gasteiger partial charge in [-0.15, -0.1) is 0 Å². The largest absolute Gasteiger partial charge is 0.378 e. The van der Waals surface area contributed by atoms with Gasteiger partial charge in [-0.3, -0.25) is 0 Å². The minimum atomic E-state index is 0.217. The smallest absolute Gasteiger partial charge is 0.0583 e. The maximum absolute atomic E-state index is 6.25. The number of nitrogens with one attached hydrogen (secondary N) is 1. The van der Waals surface area contributed by atoms with Crippen LogP contribution in [0.2, 0.25) is 0 Å². The summed E-state index contributed by atoms with van der Waals surface area (Å²) in [6.45, 7) is 18.0. The van der Waals surface area contributed by atoms with E-state index in [1.165, 1.54) is 19.3 Å². The van der Waals surface area contributed by atoms with Crippen LogP contribution in [0.1, 0.15) is 67.7 Å². The van der Waals surface area contributed by atoms with Crippen molar-refractivity contribution in [2.45, 2.75) is 79.9 Å². The molecule has 0 radical (unpaired) electrons. The molecule has 0 spiro atoms. The van der Waals surface area contributed by atoms with Gasteiger partial charge >= 0.3 is 0 Å². The molecule has 1 N–H and O–H groups in total. The van der Waals surface area contributed by atoms with E-state index in [0.29, 0.717) is 17.6 Å². The van der Waals surface area contributed by atoms with Crippen LogP contribution in [0.15, 0.2) is 0 Å². The second-order valence-corrected chi connectivity index (χ2v) is 8.55. The molecule has 2 unspecified atom stereocenters. The fourth-order valence-electron chi connectivity index (χ4n) is 3.26. The second kappa shape index (κ2) is 6.58. The topological polar surface area (TPSA) is 21.3 Å². The molecular weight excluding hydrogens is 234 g/mol. The van der Waals surface area contributed by atoms with Crippen LogP contribution in [-0.2, 0) is 4.74 Å². The number of ether oxygens (including phenoxy) is 1. The van der Waals surface area contributed by atoms with Gasteiger partial charge in [0.05, 0.1) is 12.7 Å². The van der Waals surface area contributed by atoms with Crippen molar-refractivity contribution < 1.29 is 4.74 Å². The van der Waals surface area contributed by atoms with E-state index in [4.69, 9.17) is 4.74 Å². The Balaban J connectivity index is 2.38. The van der Waals surface area contributed by atoms with Crippen LogP contribution in [0.4, 0.5) is 0 Å². The molecule has 0 saturated heterocycles. The molecular formula is C17H35NO. The van der Waals surface area contributed by atoms with Crippen LogP contribution >= 0.6 is 0 Å². The van der Waals surface area contributed by atoms with E-state index in [2.05, 4.69) is 53.8 Å². The average Bonchev–Trinajstić information content (AvgIpc) is 2.21. The van der Waals surface area contributed by atoms with E-state index >= 15 is 0 Å². The first-order chi connectivity index (χ1) is 8.60. The monoisotopic (exact) mass is 269 g/mol. The standard InChI is InChI=1S/C17H35NO/c1-13(2)18-11-17(6,7)12-19-15-8-14(3)9-16(4,5)10-15/h13-15,18H,8-12H2,1-7H3. The molecule has 2 atom stereocenters. The normalized spacial score (nSPS) is 27.8. The van der Waals surface area contributed by atoms with Crippen molar-refractivity contribution in [1.82, 2.24) is 5.32 Å². The molecule has 0 aliphatic heterocycles. The third kappa shape index (κ3) is 6.76. The summed E-state index contributed by atoms with van der Waals surface area (Å²) in [5.74, 6) is 0.797. The lowest BCUT2D eigenvalue weighted by atomic mass is 9.71. The second-order valence-electron chi connectivity index (χ2n) is 8.55. The Morgan fingerprint density at radius 3 is 2.42 bits per heavy atom. The van der Waals surface area contributed by atoms with E-state index in [0.717, 1.165) is 19.1 Å². The number of hydrogen-bond donors (Lipinski definition) is 1. The molecule has 1 rings (SSSR count). The summed E-state index contributed by atoms with van der Waals surface area (Å²) < 4.78 is 6.25. The van der Waals surface area contributed by atoms with Gasteiger partial charge in [-0.25, -0.2) is 0 Å². The van der Waals surface area contributed by atoms with Gasteiger partial charge in [0, 0.05) is 18.0 Å². The zero-order valence-electron chi connectivity index (χ0n) is 14.2. The van der Waals surface area contributed by atoms with Crippen LogP contribution < -0.4 is 5.32 Å². The Labute approximate surface area is 120 Å². The van der Waals surface area contributed by atoms with Crippen molar-refractivity contribution in [3.63, 3.8) is 0 Å². The highest BCUT2D eigenvalue weighted by Gasteiger charge is 2.33. The Kier molecular flexibility index (Phi) is 5.88. The van der Waals surface area contributed by atoms with Crippen LogP contribution in [-0.4, -0.2) is 25.3 Å². The lowest BCUT2D eigenvalue weighted by Gasteiger charge is -2.40. The Hall–Kier alpha value is -0.0800. The zero-order valence-corrected chi connectivity index (χ0v) is 14.2. The van der Waals surface area contributed by atoms with Gasteiger partial charge in [0.25, 0.3) is 0 Å². The van der Waals surface area contributed by atoms with E-state index in [1.54, 1.807) is 0 Å². The number of hydrogen-bond acceptors (Lipinski definition) is 2. The molecule has 0 bridgehead atoms. The van der Waals surface area contributed by atoms with Crippen LogP contribution in [0, 0.1) is 16.7 Å². The van der Waals surface area contributed by atoms with Crippen molar-refractivity contribution in [2.75, 3.05) is 13.2 Å². The molecule has 114 valence electrons. The molecule has 0 aromatic heterocycles. The van der Waals surface area contributed by atoms with Crippen LogP contribution in [0.25, 0.3) is 0 Å². The molecule has 19 heavy (non-hydrogen) atoms. The first kappa shape index (κ1) is 17.0. The highest BCUT2D eigenvalue weighted by atomic mass is 16.5. The van der Waals surface area contributed by atoms with Crippen molar-refractivity contribution in [3.8, 4) is 0 Å². The van der Waals surface area contributed by atoms with E-state index in [9.17, 15) is 0 Å². The van der Waals surface area contributed by atoms with Gasteiger partial charge in [0.2, 0.25) is 0 Å². The fraction of sp³-hybridized carbons (Fsp3) is 1.00.